The van der Waals surface area contributed by atoms with Crippen LogP contribution in [0.25, 0.3) is 11.1 Å². The summed E-state index contributed by atoms with van der Waals surface area (Å²) in [4.78, 5) is 11.2. The number of aromatic nitrogens is 3. The van der Waals surface area contributed by atoms with Crippen LogP contribution in [0.2, 0.25) is 14.8 Å². The molecule has 0 saturated carbocycles. The predicted molar refractivity (Wildman–Crippen MR) is 93.8 cm³/mol. The van der Waals surface area contributed by atoms with Gasteiger partial charge in [-0.15, -0.1) is 0 Å². The van der Waals surface area contributed by atoms with E-state index in [0.717, 1.165) is 29.6 Å². The van der Waals surface area contributed by atoms with Crippen LogP contribution in [0.5, 0.6) is 5.88 Å². The molecule has 0 radical (unpaired) electrons. The van der Waals surface area contributed by atoms with Crippen LogP contribution in [0, 0.1) is 5.82 Å². The normalized spacial score (nSPS) is 18.6. The van der Waals surface area contributed by atoms with Gasteiger partial charge in [-0.3, -0.25) is 0 Å². The fourth-order valence-electron chi connectivity index (χ4n) is 2.84. The van der Waals surface area contributed by atoms with Crippen LogP contribution in [0.1, 0.15) is 25.5 Å². The molecule has 1 unspecified atom stereocenters. The molecule has 0 N–H and O–H groups in total. The molecule has 7 heteroatoms. The number of hydrogen-bond donors (Lipinski definition) is 0. The topological polar surface area (TPSA) is 49.2 Å². The standard InChI is InChI=1S/C14H15FN3O2.3CH3.Sn/c1-19-14-13(11(15)5-6-16-14)10-8-17-18(9-10)12-4-2-3-7-20-12;;;;/h5,8-9,12H,2-4,7H2,1H3;3*1H3;. The summed E-state index contributed by atoms with van der Waals surface area (Å²) in [6.07, 6.45) is 6.53. The fourth-order valence-corrected chi connectivity index (χ4v) is 5.69. The SMILES string of the molecule is COc1n[c]([Sn]([CH3])([CH3])[CH3])cc(F)c1-c1cnn(C2CCCCO2)c1. The van der Waals surface area contributed by atoms with Gasteiger partial charge < -0.3 is 0 Å². The van der Waals surface area contributed by atoms with E-state index in [1.54, 1.807) is 16.9 Å². The van der Waals surface area contributed by atoms with Crippen LogP contribution in [0.3, 0.4) is 0 Å². The van der Waals surface area contributed by atoms with Crippen LogP contribution in [-0.2, 0) is 4.74 Å². The predicted octanol–water partition coefficient (Wildman–Crippen LogP) is 3.34. The molecular formula is C17H24FN3O2Sn. The van der Waals surface area contributed by atoms with Crippen molar-refractivity contribution in [1.82, 2.24) is 14.8 Å². The summed E-state index contributed by atoms with van der Waals surface area (Å²) < 4.78 is 28.6. The maximum atomic E-state index is 14.8. The molecule has 1 fully saturated rings. The Bertz CT molecular complexity index is 721. The Hall–Kier alpha value is -1.15. The first-order valence-electron chi connectivity index (χ1n) is 8.31. The van der Waals surface area contributed by atoms with Gasteiger partial charge in [-0.2, -0.15) is 0 Å². The third-order valence-electron chi connectivity index (χ3n) is 4.24. The van der Waals surface area contributed by atoms with Crippen molar-refractivity contribution in [3.63, 3.8) is 0 Å². The van der Waals surface area contributed by atoms with Gasteiger partial charge in [-0.05, 0) is 0 Å². The van der Waals surface area contributed by atoms with Gasteiger partial charge in [0.25, 0.3) is 0 Å². The van der Waals surface area contributed by atoms with E-state index in [4.69, 9.17) is 9.47 Å². The molecule has 130 valence electrons. The zero-order valence-electron chi connectivity index (χ0n) is 14.7. The molecule has 0 aromatic carbocycles. The summed E-state index contributed by atoms with van der Waals surface area (Å²) >= 11 is -2.48. The Kier molecular flexibility index (Phi) is 5.15. The van der Waals surface area contributed by atoms with Crippen LogP contribution in [-0.4, -0.2) is 46.9 Å². The zero-order chi connectivity index (χ0) is 17.3. The van der Waals surface area contributed by atoms with Crippen molar-refractivity contribution >= 4 is 22.1 Å². The zero-order valence-corrected chi connectivity index (χ0v) is 17.5. The average molecular weight is 440 g/mol. The molecule has 1 atom stereocenters. The first-order chi connectivity index (χ1) is 11.4. The number of rotatable bonds is 4. The second-order valence-corrected chi connectivity index (χ2v) is 21.5. The molecule has 3 rings (SSSR count). The Morgan fingerprint density at radius 3 is 2.75 bits per heavy atom. The summed E-state index contributed by atoms with van der Waals surface area (Å²) in [5.41, 5.74) is 1.04. The Balaban J connectivity index is 1.98. The van der Waals surface area contributed by atoms with Crippen molar-refractivity contribution in [2.75, 3.05) is 13.7 Å². The summed E-state index contributed by atoms with van der Waals surface area (Å²) in [6, 6.07) is 1.57. The molecule has 0 spiro atoms. The third kappa shape index (κ3) is 3.59. The van der Waals surface area contributed by atoms with Gasteiger partial charge in [0.05, 0.1) is 0 Å². The van der Waals surface area contributed by atoms with Gasteiger partial charge in [0.15, 0.2) is 0 Å². The van der Waals surface area contributed by atoms with Crippen molar-refractivity contribution in [3.8, 4) is 17.0 Å². The molecule has 0 amide bonds. The number of methoxy groups -OCH3 is 1. The summed E-state index contributed by atoms with van der Waals surface area (Å²) in [5.74, 6) is 0.0355. The van der Waals surface area contributed by atoms with Gasteiger partial charge in [0, 0.05) is 0 Å². The summed E-state index contributed by atoms with van der Waals surface area (Å²) in [7, 11) is 1.53. The molecule has 2 aromatic rings. The van der Waals surface area contributed by atoms with E-state index in [-0.39, 0.29) is 12.0 Å². The number of pyridine rings is 1. The second-order valence-electron chi connectivity index (χ2n) is 7.15. The monoisotopic (exact) mass is 441 g/mol. The quantitative estimate of drug-likeness (QED) is 0.685. The first kappa shape index (κ1) is 17.7. The van der Waals surface area contributed by atoms with E-state index in [2.05, 4.69) is 24.9 Å². The van der Waals surface area contributed by atoms with Crippen LogP contribution in [0.4, 0.5) is 4.39 Å². The van der Waals surface area contributed by atoms with Crippen LogP contribution < -0.4 is 8.45 Å². The number of ether oxygens (including phenoxy) is 2. The molecule has 0 bridgehead atoms. The molecule has 1 saturated heterocycles. The Labute approximate surface area is 146 Å². The molecule has 1 aliphatic heterocycles. The van der Waals surface area contributed by atoms with E-state index >= 15 is 0 Å². The third-order valence-corrected chi connectivity index (χ3v) is 9.36. The van der Waals surface area contributed by atoms with Gasteiger partial charge in [-0.25, -0.2) is 0 Å². The minimum atomic E-state index is -2.48. The minimum absolute atomic E-state index is 0.0698. The van der Waals surface area contributed by atoms with E-state index in [1.807, 2.05) is 6.20 Å². The number of nitrogens with zero attached hydrogens (tertiary/aromatic N) is 3. The molecule has 5 nitrogen and oxygen atoms in total. The van der Waals surface area contributed by atoms with Crippen molar-refractivity contribution < 1.29 is 13.9 Å². The van der Waals surface area contributed by atoms with Gasteiger partial charge in [-0.1, -0.05) is 0 Å². The van der Waals surface area contributed by atoms with Gasteiger partial charge in [0.2, 0.25) is 0 Å². The van der Waals surface area contributed by atoms with E-state index in [1.165, 1.54) is 7.11 Å². The van der Waals surface area contributed by atoms with E-state index in [9.17, 15) is 4.39 Å². The van der Waals surface area contributed by atoms with E-state index < -0.39 is 18.4 Å². The van der Waals surface area contributed by atoms with Crippen LogP contribution >= 0.6 is 0 Å². The van der Waals surface area contributed by atoms with Crippen LogP contribution in [0.15, 0.2) is 18.5 Å². The first-order valence-corrected chi connectivity index (χ1v) is 18.3. The number of hydrogen-bond acceptors (Lipinski definition) is 4. The molecule has 1 aliphatic rings. The van der Waals surface area contributed by atoms with Crippen molar-refractivity contribution in [1.29, 1.82) is 0 Å². The second kappa shape index (κ2) is 6.99. The molecular weight excluding hydrogens is 416 g/mol. The summed E-state index contributed by atoms with van der Waals surface area (Å²) in [6.45, 7) is 0.742. The number of halogens is 1. The van der Waals surface area contributed by atoms with Crippen molar-refractivity contribution in [2.45, 2.75) is 40.3 Å². The molecule has 24 heavy (non-hydrogen) atoms. The maximum absolute atomic E-state index is 14.8. The Morgan fingerprint density at radius 2 is 2.12 bits per heavy atom. The Morgan fingerprint density at radius 1 is 1.33 bits per heavy atom. The fraction of sp³-hybridized carbons (Fsp3) is 0.529. The van der Waals surface area contributed by atoms with Gasteiger partial charge >= 0.3 is 146 Å². The molecule has 0 aliphatic carbocycles. The van der Waals surface area contributed by atoms with Crippen molar-refractivity contribution in [3.05, 3.63) is 24.3 Å². The summed E-state index contributed by atoms with van der Waals surface area (Å²) in [5, 5.41) is 4.36. The average Bonchev–Trinajstić information content (AvgIpc) is 3.03. The van der Waals surface area contributed by atoms with E-state index in [0.29, 0.717) is 17.0 Å². The molecule has 2 aromatic heterocycles. The van der Waals surface area contributed by atoms with Crippen molar-refractivity contribution in [2.24, 2.45) is 0 Å². The van der Waals surface area contributed by atoms with Gasteiger partial charge in [0.1, 0.15) is 0 Å². The molecule has 3 heterocycles.